The van der Waals surface area contributed by atoms with Crippen LogP contribution in [0.25, 0.3) is 66.5 Å². The molecule has 0 N–H and O–H groups in total. The largest absolute Gasteiger partial charge is 1.00 e. The molecule has 0 aliphatic carbocycles. The molecule has 0 fully saturated rings. The van der Waals surface area contributed by atoms with Crippen molar-refractivity contribution in [1.82, 2.24) is 29.1 Å². The van der Waals surface area contributed by atoms with Crippen molar-refractivity contribution < 1.29 is 132 Å². The molecule has 6 aromatic carbocycles. The van der Waals surface area contributed by atoms with Gasteiger partial charge in [0, 0.05) is 16.7 Å². The summed E-state index contributed by atoms with van der Waals surface area (Å²) in [6.45, 7) is 0. The first-order valence-electron chi connectivity index (χ1n) is 21.3. The maximum absolute atomic E-state index is 16.7. The van der Waals surface area contributed by atoms with Gasteiger partial charge in [-0.3, -0.25) is 0 Å². The molecular formula is C45H10BF30N6Tl. The summed E-state index contributed by atoms with van der Waals surface area (Å²) in [6, 6.07) is -4.86. The van der Waals surface area contributed by atoms with Crippen molar-refractivity contribution >= 4 is 67.1 Å². The van der Waals surface area contributed by atoms with Crippen molar-refractivity contribution in [2.45, 2.75) is 37.1 Å². The molecule has 0 atom stereocenters. The Morgan fingerprint density at radius 3 is 0.590 bits per heavy atom. The van der Waals surface area contributed by atoms with Crippen LogP contribution in [0.3, 0.4) is 0 Å². The Balaban J connectivity index is 0.00000900. The zero-order chi connectivity index (χ0) is 61.1. The molecule has 38 heteroatoms. The van der Waals surface area contributed by atoms with E-state index in [1.54, 1.807) is 0 Å². The van der Waals surface area contributed by atoms with Crippen LogP contribution in [0.1, 0.15) is 33.4 Å². The van der Waals surface area contributed by atoms with Crippen molar-refractivity contribution in [3.05, 3.63) is 158 Å². The summed E-state index contributed by atoms with van der Waals surface area (Å²) in [5.41, 5.74) is -34.2. The van der Waals surface area contributed by atoms with Crippen molar-refractivity contribution in [3.8, 4) is 33.8 Å². The van der Waals surface area contributed by atoms with Crippen LogP contribution in [0.2, 0.25) is 0 Å². The summed E-state index contributed by atoms with van der Waals surface area (Å²) >= 11 is 0. The van der Waals surface area contributed by atoms with Crippen LogP contribution in [0.4, 0.5) is 132 Å². The van der Waals surface area contributed by atoms with Gasteiger partial charge in [-0.1, -0.05) is 0 Å². The van der Waals surface area contributed by atoms with E-state index >= 15 is 52.7 Å². The van der Waals surface area contributed by atoms with E-state index in [0.29, 0.717) is 0 Å². The molecule has 0 radical (unpaired) electrons. The number of nitrogens with zero attached hydrogens (tertiary/aromatic N) is 6. The number of rotatable bonds is 6. The van der Waals surface area contributed by atoms with Gasteiger partial charge in [0.1, 0.15) is 0 Å². The van der Waals surface area contributed by atoms with Gasteiger partial charge in [0.2, 0.25) is 0 Å². The van der Waals surface area contributed by atoms with Gasteiger partial charge in [0.15, 0.2) is 69.8 Å². The third-order valence-electron chi connectivity index (χ3n) is 12.3. The first-order valence-corrected chi connectivity index (χ1v) is 21.3. The Morgan fingerprint density at radius 2 is 0.422 bits per heavy atom. The van der Waals surface area contributed by atoms with Crippen molar-refractivity contribution in [2.75, 3.05) is 0 Å². The maximum Gasteiger partial charge on any atom is 1.00 e. The molecule has 6 nitrogen and oxygen atoms in total. The van der Waals surface area contributed by atoms with Crippen LogP contribution in [-0.2, 0) is 37.1 Å². The molecule has 0 unspecified atom stereocenters. The molecule has 83 heavy (non-hydrogen) atoms. The van der Waals surface area contributed by atoms with Gasteiger partial charge in [0.05, 0.1) is 83.2 Å². The van der Waals surface area contributed by atoms with Crippen molar-refractivity contribution in [3.63, 3.8) is 0 Å². The van der Waals surface area contributed by atoms with Crippen LogP contribution in [0.15, 0.2) is 54.6 Å². The molecular weight excluding hydrogens is 1410 g/mol. The summed E-state index contributed by atoms with van der Waals surface area (Å²) in [5.74, 6) is -37.3. The predicted molar refractivity (Wildman–Crippen MR) is 224 cm³/mol. The zero-order valence-electron chi connectivity index (χ0n) is 38.5. The summed E-state index contributed by atoms with van der Waals surface area (Å²) in [4.78, 5) is 0. The number of aromatic nitrogens is 6. The second kappa shape index (κ2) is 19.9. The fraction of sp³-hybridized carbons (Fsp3) is 0.133. The van der Waals surface area contributed by atoms with Crippen LogP contribution in [0, 0.1) is 69.8 Å². The topological polar surface area (TPSA) is 53.5 Å². The molecule has 0 aliphatic heterocycles. The Kier molecular flexibility index (Phi) is 14.8. The molecule has 436 valence electrons. The predicted octanol–water partition coefficient (Wildman–Crippen LogP) is 15.8. The average molecular weight is 1420 g/mol. The number of halogens is 30. The van der Waals surface area contributed by atoms with E-state index in [2.05, 4.69) is 15.3 Å². The molecule has 0 bridgehead atoms. The van der Waals surface area contributed by atoms with E-state index in [-0.39, 0.29) is 27.3 Å². The van der Waals surface area contributed by atoms with Crippen LogP contribution >= 0.6 is 0 Å². The van der Waals surface area contributed by atoms with E-state index < -0.39 is 282 Å². The Bertz CT molecular complexity index is 3660. The molecule has 0 saturated carbocycles. The molecule has 0 saturated heterocycles. The van der Waals surface area contributed by atoms with Gasteiger partial charge in [-0.2, -0.15) is 79.0 Å². The van der Waals surface area contributed by atoms with E-state index in [4.69, 9.17) is 0 Å². The summed E-state index contributed by atoms with van der Waals surface area (Å²) in [5, 5.41) is 3.09. The van der Waals surface area contributed by atoms with Gasteiger partial charge >= 0.3 is 71.5 Å². The third-order valence-corrected chi connectivity index (χ3v) is 12.3. The second-order valence-electron chi connectivity index (χ2n) is 17.3. The van der Waals surface area contributed by atoms with Gasteiger partial charge in [-0.15, -0.1) is 0 Å². The number of alkyl halides is 18. The van der Waals surface area contributed by atoms with E-state index in [1.165, 1.54) is 0 Å². The smallest absolute Gasteiger partial charge is 0.393 e. The Labute approximate surface area is 455 Å². The minimum atomic E-state index is -5.97. The third kappa shape index (κ3) is 10.2. The van der Waals surface area contributed by atoms with E-state index in [0.717, 1.165) is 0 Å². The zero-order valence-corrected chi connectivity index (χ0v) is 43.0. The molecule has 0 spiro atoms. The van der Waals surface area contributed by atoms with Gasteiger partial charge < -0.3 is 13.8 Å². The van der Waals surface area contributed by atoms with Crippen LogP contribution in [-0.4, -0.2) is 63.5 Å². The van der Waals surface area contributed by atoms with Gasteiger partial charge in [-0.05, 0) is 54.6 Å². The summed E-state index contributed by atoms with van der Waals surface area (Å²) in [6.07, 6.45) is -35.8. The monoisotopic (exact) mass is 1420 g/mol. The number of hydrogen-bond donors (Lipinski definition) is 0. The Hall–Kier alpha value is -7.38. The minimum absolute atomic E-state index is 0. The summed E-state index contributed by atoms with van der Waals surface area (Å²) in [7, 11) is -5.62. The fourth-order valence-corrected chi connectivity index (χ4v) is 8.77. The fourth-order valence-electron chi connectivity index (χ4n) is 8.77. The van der Waals surface area contributed by atoms with E-state index in [1.807, 2.05) is 0 Å². The van der Waals surface area contributed by atoms with Gasteiger partial charge in [-0.25, -0.2) is 68.0 Å². The number of benzene rings is 6. The normalized spacial score (nSPS) is 13.2. The first kappa shape index (κ1) is 61.7. The SMILES string of the molecule is Fc1c(F)c(F)c2c(c(-c3cc(C(F)(F)F)cc(C(F)(F)F)c3)nn2[BH-](n2nc(-c3cc(C(F)(F)F)cc(C(F)(F)F)c3)c3c(F)c(F)c(F)c(F)c32)n2nc(-c3cc(C(F)(F)F)cc(C(F)(F)F)c3)c3c(F)c(F)c(F)c(F)c32)c1F.[Tl+]. The maximum atomic E-state index is 16.7. The van der Waals surface area contributed by atoms with Gasteiger partial charge in [0.25, 0.3) is 0 Å². The molecule has 0 aliphatic rings. The standard InChI is InChI=1S/C45H10BF30N6.Tl/c47-22-19-34(10-1-13(40(59,60)61)7-14(2-10)41(62,63)64)77-80(37(19)31(56)28(53)25(22)50)46(81-38-20(23(48)26(51)29(54)32(38)57)35(78-81)11-3-15(42(65,66)67)8-16(4-11)43(68,69)70)82-39-21(24(49)27(52)30(55)33(39)58)36(79-82)12-5-17(44(71,72)73)9-18(6-12)45(74,75)76;/h1-9,46H;/q-1;+1. The molecule has 9 rings (SSSR count). The quantitative estimate of drug-likeness (QED) is 0.0721. The average Bonchev–Trinajstić information content (AvgIpc) is 1.64. The molecule has 3 heterocycles. The number of hydrogen-bond acceptors (Lipinski definition) is 3. The van der Waals surface area contributed by atoms with Crippen molar-refractivity contribution in [2.24, 2.45) is 0 Å². The minimum Gasteiger partial charge on any atom is -0.393 e. The summed E-state index contributed by atoms with van der Waals surface area (Å²) < 4.78 is 446. The van der Waals surface area contributed by atoms with Crippen LogP contribution < -0.4 is 0 Å². The van der Waals surface area contributed by atoms with Crippen LogP contribution in [0.5, 0.6) is 0 Å². The second-order valence-corrected chi connectivity index (χ2v) is 17.3. The molecule has 9 aromatic rings. The van der Waals surface area contributed by atoms with E-state index in [9.17, 15) is 79.0 Å². The van der Waals surface area contributed by atoms with Crippen molar-refractivity contribution in [1.29, 1.82) is 0 Å². The first-order chi connectivity index (χ1) is 37.5. The molecule has 0 amide bonds. The number of fused-ring (bicyclic) bond motifs is 3. The molecule has 3 aromatic heterocycles. The Morgan fingerprint density at radius 1 is 0.253 bits per heavy atom.